The van der Waals surface area contributed by atoms with Crippen LogP contribution >= 0.6 is 0 Å². The van der Waals surface area contributed by atoms with Gasteiger partial charge in [0.2, 0.25) is 0 Å². The summed E-state index contributed by atoms with van der Waals surface area (Å²) < 4.78 is 0. The molecular weight excluding hydrogens is 329 g/mol. The van der Waals surface area contributed by atoms with Gasteiger partial charge in [0.05, 0.1) is 0 Å². The van der Waals surface area contributed by atoms with Crippen molar-refractivity contribution in [1.29, 1.82) is 0 Å². The van der Waals surface area contributed by atoms with Crippen molar-refractivity contribution in [3.63, 3.8) is 0 Å². The Balaban J connectivity index is 1.88. The highest BCUT2D eigenvalue weighted by Gasteiger charge is 2.12. The molecule has 127 valence electrons. The number of benzene rings is 3. The van der Waals surface area contributed by atoms with Gasteiger partial charge in [-0.25, -0.2) is 15.0 Å². The third-order valence-electron chi connectivity index (χ3n) is 4.15. The molecule has 4 aromatic rings. The minimum absolute atomic E-state index is 0.655. The Kier molecular flexibility index (Phi) is 4.88. The van der Waals surface area contributed by atoms with E-state index in [2.05, 4.69) is 12.6 Å². The Morgan fingerprint density at radius 3 is 1.59 bits per heavy atom. The molecule has 0 fully saturated rings. The molecule has 3 nitrogen and oxygen atoms in total. The molecule has 0 unspecified atom stereocenters. The van der Waals surface area contributed by atoms with E-state index in [4.69, 9.17) is 15.0 Å². The van der Waals surface area contributed by atoms with Gasteiger partial charge in [0, 0.05) is 16.7 Å². The zero-order valence-corrected chi connectivity index (χ0v) is 14.8. The third kappa shape index (κ3) is 3.85. The lowest BCUT2D eigenvalue weighted by Gasteiger charge is -2.09. The minimum atomic E-state index is 0.655. The summed E-state index contributed by atoms with van der Waals surface area (Å²) in [5.41, 5.74) is 3.94. The van der Waals surface area contributed by atoms with E-state index in [-0.39, 0.29) is 0 Å². The molecule has 27 heavy (non-hydrogen) atoms. The molecule has 0 saturated carbocycles. The summed E-state index contributed by atoms with van der Waals surface area (Å²) in [7, 11) is 1.96. The minimum Gasteiger partial charge on any atom is -0.208 e. The number of nitrogens with zero attached hydrogens (tertiary/aromatic N) is 3. The van der Waals surface area contributed by atoms with Crippen LogP contribution in [0.4, 0.5) is 0 Å². The average Bonchev–Trinajstić information content (AvgIpc) is 2.75. The molecule has 1 aromatic heterocycles. The van der Waals surface area contributed by atoms with Crippen molar-refractivity contribution in [3.8, 4) is 34.2 Å². The number of rotatable bonds is 5. The molecule has 0 saturated heterocycles. The third-order valence-corrected chi connectivity index (χ3v) is 4.15. The second-order valence-electron chi connectivity index (χ2n) is 6.07. The highest BCUT2D eigenvalue weighted by Crippen LogP contribution is 2.23. The van der Waals surface area contributed by atoms with Crippen LogP contribution in [0.15, 0.2) is 97.5 Å². The van der Waals surface area contributed by atoms with Crippen LogP contribution in [0.5, 0.6) is 0 Å². The highest BCUT2D eigenvalue weighted by atomic mass is 15.0. The second-order valence-corrected chi connectivity index (χ2v) is 6.07. The van der Waals surface area contributed by atoms with Crippen LogP contribution in [0, 0.1) is 0 Å². The zero-order valence-electron chi connectivity index (χ0n) is 14.8. The van der Waals surface area contributed by atoms with Crippen LogP contribution in [0.2, 0.25) is 0 Å². The Hall–Kier alpha value is -3.53. The van der Waals surface area contributed by atoms with Crippen molar-refractivity contribution in [2.24, 2.45) is 0 Å². The standard InChI is InChI=1S/C23H17BN3/c1-2-24-20-15-9-14-19(16-20)23-26-21(17-10-5-3-6-11-17)25-22(27-23)18-12-7-4-8-13-18/h2-16H,1H2. The Labute approximate surface area is 159 Å². The fourth-order valence-corrected chi connectivity index (χ4v) is 2.86. The summed E-state index contributed by atoms with van der Waals surface area (Å²) in [5, 5.41) is 0. The molecular formula is C23H17BN3. The van der Waals surface area contributed by atoms with Crippen LogP contribution < -0.4 is 5.46 Å². The van der Waals surface area contributed by atoms with Crippen molar-refractivity contribution in [2.45, 2.75) is 0 Å². The smallest absolute Gasteiger partial charge is 0.180 e. The molecule has 0 N–H and O–H groups in total. The van der Waals surface area contributed by atoms with E-state index in [9.17, 15) is 0 Å². The maximum Gasteiger partial charge on any atom is 0.180 e. The van der Waals surface area contributed by atoms with Gasteiger partial charge in [0.1, 0.15) is 0 Å². The van der Waals surface area contributed by atoms with E-state index >= 15 is 0 Å². The Morgan fingerprint density at radius 2 is 1.07 bits per heavy atom. The van der Waals surface area contributed by atoms with E-state index in [1.807, 2.05) is 86.1 Å². The molecule has 3 aromatic carbocycles. The SMILES string of the molecule is C=C[B]c1cccc(-c2nc(-c3ccccc3)nc(-c3ccccc3)n2)c1. The van der Waals surface area contributed by atoms with Crippen molar-refractivity contribution in [2.75, 3.05) is 0 Å². The highest BCUT2D eigenvalue weighted by molar-refractivity contribution is 6.58. The van der Waals surface area contributed by atoms with Gasteiger partial charge < -0.3 is 0 Å². The summed E-state index contributed by atoms with van der Waals surface area (Å²) in [6.45, 7) is 3.77. The molecule has 0 spiro atoms. The summed E-state index contributed by atoms with van der Waals surface area (Å²) >= 11 is 0. The van der Waals surface area contributed by atoms with Gasteiger partial charge in [0.25, 0.3) is 0 Å². The molecule has 0 aliphatic carbocycles. The first-order valence-corrected chi connectivity index (χ1v) is 8.76. The monoisotopic (exact) mass is 346 g/mol. The van der Waals surface area contributed by atoms with Gasteiger partial charge in [-0.3, -0.25) is 0 Å². The summed E-state index contributed by atoms with van der Waals surface area (Å²) in [6.07, 6.45) is 0. The molecule has 0 aliphatic heterocycles. The molecule has 4 heteroatoms. The van der Waals surface area contributed by atoms with Crippen LogP contribution in [0.3, 0.4) is 0 Å². The lowest BCUT2D eigenvalue weighted by molar-refractivity contribution is 1.07. The number of hydrogen-bond donors (Lipinski definition) is 0. The number of aromatic nitrogens is 3. The largest absolute Gasteiger partial charge is 0.208 e. The van der Waals surface area contributed by atoms with E-state index < -0.39 is 0 Å². The maximum atomic E-state index is 4.74. The first kappa shape index (κ1) is 16.9. The first-order chi connectivity index (χ1) is 13.3. The van der Waals surface area contributed by atoms with E-state index in [0.29, 0.717) is 17.5 Å². The normalized spacial score (nSPS) is 10.4. The summed E-state index contributed by atoms with van der Waals surface area (Å²) in [5.74, 6) is 3.76. The van der Waals surface area contributed by atoms with E-state index in [1.54, 1.807) is 5.98 Å². The zero-order chi connectivity index (χ0) is 18.5. The van der Waals surface area contributed by atoms with Crippen molar-refractivity contribution < 1.29 is 0 Å². The quantitative estimate of drug-likeness (QED) is 0.505. The molecule has 1 heterocycles. The van der Waals surface area contributed by atoms with Crippen LogP contribution in [0.25, 0.3) is 34.2 Å². The second kappa shape index (κ2) is 7.79. The topological polar surface area (TPSA) is 38.7 Å². The predicted octanol–water partition coefficient (Wildman–Crippen LogP) is 4.35. The van der Waals surface area contributed by atoms with Crippen molar-refractivity contribution in [3.05, 3.63) is 97.5 Å². The lowest BCUT2D eigenvalue weighted by Crippen LogP contribution is -2.11. The first-order valence-electron chi connectivity index (χ1n) is 8.76. The van der Waals surface area contributed by atoms with E-state index in [0.717, 1.165) is 22.2 Å². The summed E-state index contributed by atoms with van der Waals surface area (Å²) in [4.78, 5) is 14.2. The van der Waals surface area contributed by atoms with Gasteiger partial charge in [-0.05, 0) is 0 Å². The van der Waals surface area contributed by atoms with Crippen molar-refractivity contribution >= 4 is 12.7 Å². The van der Waals surface area contributed by atoms with Gasteiger partial charge in [-0.2, -0.15) is 0 Å². The van der Waals surface area contributed by atoms with Crippen molar-refractivity contribution in [1.82, 2.24) is 15.0 Å². The molecule has 0 atom stereocenters. The van der Waals surface area contributed by atoms with Gasteiger partial charge in [-0.1, -0.05) is 90.4 Å². The Morgan fingerprint density at radius 1 is 0.593 bits per heavy atom. The number of hydrogen-bond acceptors (Lipinski definition) is 3. The van der Waals surface area contributed by atoms with Gasteiger partial charge in [0.15, 0.2) is 24.8 Å². The molecule has 0 amide bonds. The van der Waals surface area contributed by atoms with Crippen LogP contribution in [-0.2, 0) is 0 Å². The van der Waals surface area contributed by atoms with Crippen LogP contribution in [-0.4, -0.2) is 22.2 Å². The fourth-order valence-electron chi connectivity index (χ4n) is 2.86. The molecule has 4 rings (SSSR count). The Bertz CT molecular complexity index is 1010. The molecule has 1 radical (unpaired) electrons. The van der Waals surface area contributed by atoms with E-state index in [1.165, 1.54) is 0 Å². The summed E-state index contributed by atoms with van der Waals surface area (Å²) in [6, 6.07) is 28.1. The fraction of sp³-hybridized carbons (Fsp3) is 0. The predicted molar refractivity (Wildman–Crippen MR) is 112 cm³/mol. The van der Waals surface area contributed by atoms with Gasteiger partial charge in [-0.15, -0.1) is 12.6 Å². The average molecular weight is 346 g/mol. The van der Waals surface area contributed by atoms with Crippen LogP contribution in [0.1, 0.15) is 0 Å². The van der Waals surface area contributed by atoms with Gasteiger partial charge >= 0.3 is 0 Å². The lowest BCUT2D eigenvalue weighted by atomic mass is 9.70. The molecule has 0 bridgehead atoms. The molecule has 0 aliphatic rings. The maximum absolute atomic E-state index is 4.74.